The number of benzene rings is 1. The number of anilines is 1. The molecule has 0 saturated carbocycles. The van der Waals surface area contributed by atoms with Crippen molar-refractivity contribution >= 4 is 61.7 Å². The lowest BCUT2D eigenvalue weighted by molar-refractivity contribution is -0.112. The Morgan fingerprint density at radius 1 is 1.26 bits per heavy atom. The van der Waals surface area contributed by atoms with E-state index >= 15 is 0 Å². The van der Waals surface area contributed by atoms with Crippen LogP contribution in [0, 0.1) is 11.3 Å². The number of amides is 1. The number of aromatic nitrogens is 2. The second-order valence-electron chi connectivity index (χ2n) is 6.43. The standard InChI is InChI=1S/C19H14Cl2N4O4S2/c1-10(2)31(27,28)19-24-18(30-25-19)23-17(26)12(9-22)7-13-4-6-16(29-13)11-3-5-14(20)15(21)8-11/h3-8,10H,1-2H3,(H,23,24,25,26)/b12-7-. The van der Waals surface area contributed by atoms with Gasteiger partial charge in [-0.1, -0.05) is 23.2 Å². The molecule has 0 atom stereocenters. The minimum atomic E-state index is -3.67. The van der Waals surface area contributed by atoms with E-state index in [0.29, 0.717) is 32.9 Å². The number of halogens is 2. The zero-order chi connectivity index (χ0) is 22.8. The summed E-state index contributed by atoms with van der Waals surface area (Å²) in [6.45, 7) is 3.00. The van der Waals surface area contributed by atoms with E-state index in [1.807, 2.05) is 0 Å². The third-order valence-corrected chi connectivity index (χ3v) is 7.40. The van der Waals surface area contributed by atoms with Gasteiger partial charge >= 0.3 is 0 Å². The van der Waals surface area contributed by atoms with E-state index in [9.17, 15) is 18.5 Å². The SMILES string of the molecule is CC(C)S(=O)(=O)c1nsc(NC(=O)/C(C#N)=C\c2ccc(-c3ccc(Cl)c(Cl)c3)o2)n1. The normalized spacial score (nSPS) is 12.1. The first-order valence-corrected chi connectivity index (χ1v) is 11.8. The molecule has 160 valence electrons. The molecular weight excluding hydrogens is 483 g/mol. The van der Waals surface area contributed by atoms with Crippen molar-refractivity contribution in [3.63, 3.8) is 0 Å². The summed E-state index contributed by atoms with van der Waals surface area (Å²) in [5.41, 5.74) is 0.406. The topological polar surface area (TPSA) is 126 Å². The number of sulfone groups is 1. The molecule has 1 aromatic carbocycles. The fourth-order valence-electron chi connectivity index (χ4n) is 2.28. The Hall–Kier alpha value is -2.71. The molecule has 2 heterocycles. The van der Waals surface area contributed by atoms with E-state index in [4.69, 9.17) is 27.6 Å². The van der Waals surface area contributed by atoms with Crippen molar-refractivity contribution in [1.29, 1.82) is 5.26 Å². The van der Waals surface area contributed by atoms with E-state index in [0.717, 1.165) is 0 Å². The highest BCUT2D eigenvalue weighted by Crippen LogP contribution is 2.30. The van der Waals surface area contributed by atoms with Gasteiger partial charge in [-0.05, 0) is 44.2 Å². The lowest BCUT2D eigenvalue weighted by Crippen LogP contribution is -2.16. The van der Waals surface area contributed by atoms with E-state index < -0.39 is 21.0 Å². The van der Waals surface area contributed by atoms with E-state index in [1.54, 1.807) is 36.4 Å². The number of carbonyl (C=O) groups excluding carboxylic acids is 1. The van der Waals surface area contributed by atoms with Crippen LogP contribution in [0.3, 0.4) is 0 Å². The van der Waals surface area contributed by atoms with Crippen LogP contribution in [0.5, 0.6) is 0 Å². The number of nitriles is 1. The highest BCUT2D eigenvalue weighted by atomic mass is 35.5. The van der Waals surface area contributed by atoms with Crippen molar-refractivity contribution in [1.82, 2.24) is 9.36 Å². The maximum Gasteiger partial charge on any atom is 0.268 e. The smallest absolute Gasteiger partial charge is 0.268 e. The van der Waals surface area contributed by atoms with Crippen molar-refractivity contribution in [2.45, 2.75) is 24.3 Å². The summed E-state index contributed by atoms with van der Waals surface area (Å²) in [5.74, 6) is -0.0529. The van der Waals surface area contributed by atoms with Gasteiger partial charge in [0.1, 0.15) is 23.2 Å². The lowest BCUT2D eigenvalue weighted by Gasteiger charge is -2.02. The number of hydrogen-bond acceptors (Lipinski definition) is 8. The second kappa shape index (κ2) is 9.20. The summed E-state index contributed by atoms with van der Waals surface area (Å²) in [7, 11) is -3.67. The van der Waals surface area contributed by atoms with E-state index in [-0.39, 0.29) is 21.6 Å². The van der Waals surface area contributed by atoms with Crippen molar-refractivity contribution < 1.29 is 17.6 Å². The van der Waals surface area contributed by atoms with Crippen LogP contribution in [0.25, 0.3) is 17.4 Å². The number of hydrogen-bond donors (Lipinski definition) is 1. The summed E-state index contributed by atoms with van der Waals surface area (Å²) in [6.07, 6.45) is 1.25. The minimum Gasteiger partial charge on any atom is -0.457 e. The Morgan fingerprint density at radius 3 is 2.65 bits per heavy atom. The molecule has 12 heteroatoms. The van der Waals surface area contributed by atoms with Gasteiger partial charge < -0.3 is 4.42 Å². The Labute approximate surface area is 192 Å². The van der Waals surface area contributed by atoms with Crippen molar-refractivity contribution in [2.75, 3.05) is 5.32 Å². The van der Waals surface area contributed by atoms with Crippen LogP contribution in [0.2, 0.25) is 10.0 Å². The van der Waals surface area contributed by atoms with Gasteiger partial charge in [-0.15, -0.1) is 0 Å². The highest BCUT2D eigenvalue weighted by molar-refractivity contribution is 7.91. The number of carbonyl (C=O) groups is 1. The van der Waals surface area contributed by atoms with Crippen molar-refractivity contribution in [3.05, 3.63) is 51.7 Å². The first-order valence-electron chi connectivity index (χ1n) is 8.68. The molecule has 8 nitrogen and oxygen atoms in total. The zero-order valence-corrected chi connectivity index (χ0v) is 19.2. The van der Waals surface area contributed by atoms with Gasteiger partial charge in [0.15, 0.2) is 0 Å². The van der Waals surface area contributed by atoms with Crippen LogP contribution < -0.4 is 5.32 Å². The molecule has 31 heavy (non-hydrogen) atoms. The quantitative estimate of drug-likeness (QED) is 0.382. The third kappa shape index (κ3) is 5.14. The molecule has 0 aliphatic carbocycles. The number of nitrogens with zero attached hydrogens (tertiary/aromatic N) is 3. The maximum atomic E-state index is 12.4. The van der Waals surface area contributed by atoms with Crippen LogP contribution in [-0.4, -0.2) is 28.9 Å². The molecule has 0 spiro atoms. The van der Waals surface area contributed by atoms with Crippen LogP contribution in [0.15, 0.2) is 45.5 Å². The largest absolute Gasteiger partial charge is 0.457 e. The molecular formula is C19H14Cl2N4O4S2. The van der Waals surface area contributed by atoms with Gasteiger partial charge in [-0.3, -0.25) is 10.1 Å². The summed E-state index contributed by atoms with van der Waals surface area (Å²) in [4.78, 5) is 16.2. The molecule has 0 fully saturated rings. The van der Waals surface area contributed by atoms with Crippen LogP contribution in [0.1, 0.15) is 19.6 Å². The van der Waals surface area contributed by atoms with Crippen molar-refractivity contribution in [2.24, 2.45) is 0 Å². The minimum absolute atomic E-state index is 0.0404. The monoisotopic (exact) mass is 496 g/mol. The molecule has 0 saturated heterocycles. The number of rotatable bonds is 6. The van der Waals surface area contributed by atoms with Crippen LogP contribution in [-0.2, 0) is 14.6 Å². The predicted octanol–water partition coefficient (Wildman–Crippen LogP) is 4.83. The predicted molar refractivity (Wildman–Crippen MR) is 119 cm³/mol. The Bertz CT molecular complexity index is 1320. The molecule has 3 aromatic rings. The molecule has 0 bridgehead atoms. The summed E-state index contributed by atoms with van der Waals surface area (Å²) in [6, 6.07) is 10.00. The van der Waals surface area contributed by atoms with Gasteiger partial charge in [0.2, 0.25) is 15.0 Å². The zero-order valence-electron chi connectivity index (χ0n) is 16.1. The number of furan rings is 1. The summed E-state index contributed by atoms with van der Waals surface area (Å²) >= 11 is 12.6. The van der Waals surface area contributed by atoms with Gasteiger partial charge in [0, 0.05) is 23.2 Å². The van der Waals surface area contributed by atoms with Crippen molar-refractivity contribution in [3.8, 4) is 17.4 Å². The molecule has 0 radical (unpaired) electrons. The second-order valence-corrected chi connectivity index (χ2v) is 10.4. The Balaban J connectivity index is 1.79. The van der Waals surface area contributed by atoms with Gasteiger partial charge in [0.05, 0.1) is 15.3 Å². The first kappa shape index (κ1) is 23.0. The van der Waals surface area contributed by atoms with E-state index in [1.165, 1.54) is 19.9 Å². The molecule has 2 aromatic heterocycles. The fraction of sp³-hybridized carbons (Fsp3) is 0.158. The maximum absolute atomic E-state index is 12.4. The van der Waals surface area contributed by atoms with Crippen LogP contribution >= 0.6 is 34.7 Å². The van der Waals surface area contributed by atoms with Gasteiger partial charge in [0.25, 0.3) is 11.1 Å². The average Bonchev–Trinajstić information content (AvgIpc) is 3.38. The van der Waals surface area contributed by atoms with Gasteiger partial charge in [-0.25, -0.2) is 8.42 Å². The molecule has 1 N–H and O–H groups in total. The molecule has 3 rings (SSSR count). The summed E-state index contributed by atoms with van der Waals surface area (Å²) < 4.78 is 33.6. The third-order valence-electron chi connectivity index (χ3n) is 3.99. The number of nitrogens with one attached hydrogen (secondary N) is 1. The molecule has 0 aliphatic rings. The lowest BCUT2D eigenvalue weighted by atomic mass is 10.2. The van der Waals surface area contributed by atoms with E-state index in [2.05, 4.69) is 14.7 Å². The fourth-order valence-corrected chi connectivity index (χ4v) is 4.27. The summed E-state index contributed by atoms with van der Waals surface area (Å²) in [5, 5.41) is 11.4. The average molecular weight is 497 g/mol. The van der Waals surface area contributed by atoms with Crippen LogP contribution in [0.4, 0.5) is 5.13 Å². The Kier molecular flexibility index (Phi) is 6.81. The van der Waals surface area contributed by atoms with Gasteiger partial charge in [-0.2, -0.15) is 14.6 Å². The highest BCUT2D eigenvalue weighted by Gasteiger charge is 2.25. The Morgan fingerprint density at radius 2 is 2.00 bits per heavy atom. The first-order chi connectivity index (χ1) is 14.6. The molecule has 1 amide bonds. The molecule has 0 unspecified atom stereocenters. The molecule has 0 aliphatic heterocycles.